The molecule has 2 aromatic rings. The summed E-state index contributed by atoms with van der Waals surface area (Å²) in [5.74, 6) is 0.0423. The SMILES string of the molecule is CCOC(=O)c1ccnc(NCCn2ccnc2)c1N. The second-order valence-corrected chi connectivity index (χ2v) is 4.07. The number of hydrogen-bond donors (Lipinski definition) is 2. The molecule has 106 valence electrons. The number of nitrogen functional groups attached to an aromatic ring is 1. The van der Waals surface area contributed by atoms with Gasteiger partial charge in [0, 0.05) is 31.7 Å². The number of carbonyl (C=O) groups is 1. The monoisotopic (exact) mass is 275 g/mol. The molecule has 0 spiro atoms. The van der Waals surface area contributed by atoms with Crippen LogP contribution in [0.2, 0.25) is 0 Å². The van der Waals surface area contributed by atoms with Crippen LogP contribution in [0.3, 0.4) is 0 Å². The highest BCUT2D eigenvalue weighted by atomic mass is 16.5. The van der Waals surface area contributed by atoms with Crippen molar-refractivity contribution in [1.29, 1.82) is 0 Å². The molecule has 2 aromatic heterocycles. The molecule has 2 heterocycles. The fourth-order valence-corrected chi connectivity index (χ4v) is 1.72. The molecule has 0 amide bonds. The van der Waals surface area contributed by atoms with Crippen molar-refractivity contribution in [3.05, 3.63) is 36.5 Å². The predicted molar refractivity (Wildman–Crippen MR) is 75.3 cm³/mol. The van der Waals surface area contributed by atoms with Gasteiger partial charge in [-0.15, -0.1) is 0 Å². The average molecular weight is 275 g/mol. The number of rotatable bonds is 6. The minimum absolute atomic E-state index is 0.302. The van der Waals surface area contributed by atoms with Crippen LogP contribution in [0.4, 0.5) is 11.5 Å². The molecule has 0 bridgehead atoms. The van der Waals surface area contributed by atoms with Gasteiger partial charge in [-0.25, -0.2) is 14.8 Å². The van der Waals surface area contributed by atoms with Crippen molar-refractivity contribution in [2.24, 2.45) is 0 Å². The van der Waals surface area contributed by atoms with Crippen LogP contribution in [0.25, 0.3) is 0 Å². The van der Waals surface area contributed by atoms with Crippen molar-refractivity contribution in [2.45, 2.75) is 13.5 Å². The first-order chi connectivity index (χ1) is 9.72. The van der Waals surface area contributed by atoms with E-state index in [2.05, 4.69) is 15.3 Å². The van der Waals surface area contributed by atoms with E-state index in [1.165, 1.54) is 6.20 Å². The molecule has 0 aliphatic carbocycles. The molecule has 0 radical (unpaired) electrons. The number of anilines is 2. The summed E-state index contributed by atoms with van der Waals surface area (Å²) in [4.78, 5) is 19.8. The van der Waals surface area contributed by atoms with Gasteiger partial charge in [-0.2, -0.15) is 0 Å². The van der Waals surface area contributed by atoms with E-state index in [4.69, 9.17) is 10.5 Å². The number of nitrogens with two attached hydrogens (primary N) is 1. The number of pyridine rings is 1. The lowest BCUT2D eigenvalue weighted by molar-refractivity contribution is 0.0527. The van der Waals surface area contributed by atoms with Crippen LogP contribution in [0, 0.1) is 0 Å². The molecule has 0 aromatic carbocycles. The number of ether oxygens (including phenoxy) is 1. The Balaban J connectivity index is 2.01. The normalized spacial score (nSPS) is 10.2. The second-order valence-electron chi connectivity index (χ2n) is 4.07. The number of aromatic nitrogens is 3. The first-order valence-electron chi connectivity index (χ1n) is 6.33. The third-order valence-electron chi connectivity index (χ3n) is 2.71. The predicted octanol–water partition coefficient (Wildman–Crippen LogP) is 1.15. The Morgan fingerprint density at radius 2 is 2.35 bits per heavy atom. The van der Waals surface area contributed by atoms with Crippen molar-refractivity contribution < 1.29 is 9.53 Å². The highest BCUT2D eigenvalue weighted by Crippen LogP contribution is 2.20. The molecule has 0 saturated heterocycles. The molecule has 2 rings (SSSR count). The third kappa shape index (κ3) is 3.25. The van der Waals surface area contributed by atoms with Crippen LogP contribution < -0.4 is 11.1 Å². The van der Waals surface area contributed by atoms with E-state index in [9.17, 15) is 4.79 Å². The van der Waals surface area contributed by atoms with Crippen LogP contribution >= 0.6 is 0 Å². The fraction of sp³-hybridized carbons (Fsp3) is 0.308. The standard InChI is InChI=1S/C13H17N5O2/c1-2-20-13(19)10-3-4-16-12(11(10)14)17-6-8-18-7-5-15-9-18/h3-5,7,9H,2,6,8,14H2,1H3,(H,16,17). The van der Waals surface area contributed by atoms with Crippen molar-refractivity contribution in [1.82, 2.24) is 14.5 Å². The Labute approximate surface area is 116 Å². The Morgan fingerprint density at radius 3 is 3.05 bits per heavy atom. The molecular formula is C13H17N5O2. The average Bonchev–Trinajstić information content (AvgIpc) is 2.94. The van der Waals surface area contributed by atoms with Gasteiger partial charge in [0.2, 0.25) is 0 Å². The smallest absolute Gasteiger partial charge is 0.340 e. The molecule has 3 N–H and O–H groups in total. The molecule has 7 nitrogen and oxygen atoms in total. The third-order valence-corrected chi connectivity index (χ3v) is 2.71. The molecule has 0 unspecified atom stereocenters. The van der Waals surface area contributed by atoms with Gasteiger partial charge in [-0.3, -0.25) is 0 Å². The van der Waals surface area contributed by atoms with E-state index < -0.39 is 5.97 Å². The van der Waals surface area contributed by atoms with E-state index in [1.54, 1.807) is 25.5 Å². The van der Waals surface area contributed by atoms with E-state index in [1.807, 2.05) is 10.8 Å². The van der Waals surface area contributed by atoms with E-state index in [-0.39, 0.29) is 0 Å². The van der Waals surface area contributed by atoms with Gasteiger partial charge in [-0.1, -0.05) is 0 Å². The van der Waals surface area contributed by atoms with Gasteiger partial charge in [0.25, 0.3) is 0 Å². The number of nitrogens with zero attached hydrogens (tertiary/aromatic N) is 3. The number of esters is 1. The number of imidazole rings is 1. The zero-order valence-corrected chi connectivity index (χ0v) is 11.2. The van der Waals surface area contributed by atoms with Crippen LogP contribution in [0.1, 0.15) is 17.3 Å². The van der Waals surface area contributed by atoms with Gasteiger partial charge in [-0.05, 0) is 13.0 Å². The first kappa shape index (κ1) is 13.9. The van der Waals surface area contributed by atoms with Gasteiger partial charge in [0.05, 0.1) is 24.2 Å². The Bertz CT molecular complexity index is 568. The summed E-state index contributed by atoms with van der Waals surface area (Å²) >= 11 is 0. The maximum absolute atomic E-state index is 11.7. The topological polar surface area (TPSA) is 95.1 Å². The minimum atomic E-state index is -0.440. The second kappa shape index (κ2) is 6.55. The molecule has 7 heteroatoms. The number of carbonyl (C=O) groups excluding carboxylic acids is 1. The summed E-state index contributed by atoms with van der Waals surface area (Å²) in [5, 5.41) is 3.10. The van der Waals surface area contributed by atoms with Crippen molar-refractivity contribution in [2.75, 3.05) is 24.2 Å². The molecule has 0 aliphatic heterocycles. The summed E-state index contributed by atoms with van der Waals surface area (Å²) in [6, 6.07) is 1.55. The molecule has 0 saturated carbocycles. The van der Waals surface area contributed by atoms with Crippen molar-refractivity contribution in [3.8, 4) is 0 Å². The molecular weight excluding hydrogens is 258 g/mol. The van der Waals surface area contributed by atoms with Gasteiger partial charge in [0.15, 0.2) is 0 Å². The summed E-state index contributed by atoms with van der Waals surface area (Å²) in [6.45, 7) is 3.41. The highest BCUT2D eigenvalue weighted by Gasteiger charge is 2.14. The van der Waals surface area contributed by atoms with Gasteiger partial charge in [0.1, 0.15) is 5.82 Å². The molecule has 0 fully saturated rings. The highest BCUT2D eigenvalue weighted by molar-refractivity contribution is 5.97. The summed E-state index contributed by atoms with van der Waals surface area (Å²) in [7, 11) is 0. The van der Waals surface area contributed by atoms with E-state index in [0.29, 0.717) is 30.2 Å². The first-order valence-corrected chi connectivity index (χ1v) is 6.33. The quantitative estimate of drug-likeness (QED) is 0.768. The van der Waals surface area contributed by atoms with Crippen LogP contribution in [0.5, 0.6) is 0 Å². The van der Waals surface area contributed by atoms with Gasteiger partial charge >= 0.3 is 5.97 Å². The molecule has 0 aliphatic rings. The van der Waals surface area contributed by atoms with Crippen molar-refractivity contribution in [3.63, 3.8) is 0 Å². The maximum Gasteiger partial charge on any atom is 0.340 e. The minimum Gasteiger partial charge on any atom is -0.462 e. The lowest BCUT2D eigenvalue weighted by atomic mass is 10.2. The molecule has 20 heavy (non-hydrogen) atoms. The number of hydrogen-bond acceptors (Lipinski definition) is 6. The van der Waals surface area contributed by atoms with Crippen LogP contribution in [0.15, 0.2) is 31.0 Å². The lowest BCUT2D eigenvalue weighted by Crippen LogP contribution is -2.14. The van der Waals surface area contributed by atoms with Crippen molar-refractivity contribution >= 4 is 17.5 Å². The van der Waals surface area contributed by atoms with Crippen LogP contribution in [-0.4, -0.2) is 33.7 Å². The zero-order valence-electron chi connectivity index (χ0n) is 11.2. The summed E-state index contributed by atoms with van der Waals surface area (Å²) < 4.78 is 6.87. The Kier molecular flexibility index (Phi) is 4.54. The summed E-state index contributed by atoms with van der Waals surface area (Å²) in [5.41, 5.74) is 6.56. The lowest BCUT2D eigenvalue weighted by Gasteiger charge is -2.11. The van der Waals surface area contributed by atoms with Crippen LogP contribution in [-0.2, 0) is 11.3 Å². The fourth-order valence-electron chi connectivity index (χ4n) is 1.72. The Morgan fingerprint density at radius 1 is 1.50 bits per heavy atom. The summed E-state index contributed by atoms with van der Waals surface area (Å²) in [6.07, 6.45) is 6.84. The largest absolute Gasteiger partial charge is 0.462 e. The number of nitrogens with one attached hydrogen (secondary N) is 1. The zero-order chi connectivity index (χ0) is 14.4. The van der Waals surface area contributed by atoms with Gasteiger partial charge < -0.3 is 20.4 Å². The van der Waals surface area contributed by atoms with E-state index in [0.717, 1.165) is 6.54 Å². The van der Waals surface area contributed by atoms with E-state index >= 15 is 0 Å². The Hall–Kier alpha value is -2.57. The molecule has 0 atom stereocenters. The maximum atomic E-state index is 11.7.